The van der Waals surface area contributed by atoms with Crippen molar-refractivity contribution in [2.24, 2.45) is 0 Å². The van der Waals surface area contributed by atoms with Crippen molar-refractivity contribution in [2.75, 3.05) is 27.0 Å². The minimum Gasteiger partial charge on any atom is -0.463 e. The second-order valence-electron chi connectivity index (χ2n) is 7.11. The van der Waals surface area contributed by atoms with Gasteiger partial charge in [0.1, 0.15) is 6.73 Å². The largest absolute Gasteiger partial charge is 0.463 e. The number of methoxy groups -OCH3 is 1. The van der Waals surface area contributed by atoms with Gasteiger partial charge < -0.3 is 18.8 Å². The lowest BCUT2D eigenvalue weighted by molar-refractivity contribution is -0.177. The van der Waals surface area contributed by atoms with Gasteiger partial charge in [-0.25, -0.2) is 4.79 Å². The zero-order valence-electron chi connectivity index (χ0n) is 17.0. The first-order valence-corrected chi connectivity index (χ1v) is 12.8. The molecule has 0 aliphatic rings. The monoisotopic (exact) mass is 415 g/mol. The Balaban J connectivity index is 3.64. The van der Waals surface area contributed by atoms with E-state index in [1.807, 2.05) is 26.6 Å². The molecule has 1 atom stereocenters. The number of carbonyl (C=O) groups is 2. The molecule has 0 aliphatic heterocycles. The third-order valence-corrected chi connectivity index (χ3v) is 4.81. The zero-order valence-corrected chi connectivity index (χ0v) is 18.8. The number of esters is 1. The van der Waals surface area contributed by atoms with Crippen molar-refractivity contribution < 1.29 is 23.5 Å². The number of hydrogen-bond donors (Lipinski definition) is 0. The molecular weight excluding hydrogens is 386 g/mol. The number of hydrogen-bond acceptors (Lipinski definition) is 5. The van der Waals surface area contributed by atoms with E-state index in [0.29, 0.717) is 23.6 Å². The summed E-state index contributed by atoms with van der Waals surface area (Å²) in [5.74, 6) is -1.22. The lowest BCUT2D eigenvalue weighted by Crippen LogP contribution is -2.58. The second-order valence-corrected chi connectivity index (χ2v) is 12.0. The number of benzene rings is 1. The molecular formula is C19H30ClNO5Si. The molecule has 1 amide bonds. The van der Waals surface area contributed by atoms with E-state index in [2.05, 4.69) is 0 Å². The smallest absolute Gasteiger partial charge is 0.352 e. The molecule has 0 heterocycles. The van der Waals surface area contributed by atoms with E-state index in [9.17, 15) is 9.59 Å². The summed E-state index contributed by atoms with van der Waals surface area (Å²) in [6.07, 6.45) is 0.710. The second kappa shape index (κ2) is 10.2. The quantitative estimate of drug-likeness (QED) is 0.252. The minimum atomic E-state index is -2.36. The van der Waals surface area contributed by atoms with Crippen LogP contribution in [-0.4, -0.2) is 52.1 Å². The maximum atomic E-state index is 13.6. The summed E-state index contributed by atoms with van der Waals surface area (Å²) in [5.41, 5.74) is -1.49. The average Bonchev–Trinajstić information content (AvgIpc) is 2.59. The van der Waals surface area contributed by atoms with E-state index < -0.39 is 25.8 Å². The molecule has 0 spiro atoms. The van der Waals surface area contributed by atoms with Crippen molar-refractivity contribution in [1.29, 1.82) is 0 Å². The molecule has 27 heavy (non-hydrogen) atoms. The van der Waals surface area contributed by atoms with Crippen LogP contribution in [0.3, 0.4) is 0 Å². The number of rotatable bonds is 10. The van der Waals surface area contributed by atoms with Gasteiger partial charge in [-0.1, -0.05) is 30.7 Å². The summed E-state index contributed by atoms with van der Waals surface area (Å²) in [6, 6.07) is 6.53. The van der Waals surface area contributed by atoms with E-state index in [1.54, 1.807) is 31.2 Å². The highest BCUT2D eigenvalue weighted by atomic mass is 35.5. The molecule has 1 rings (SSSR count). The Kier molecular flexibility index (Phi) is 8.94. The van der Waals surface area contributed by atoms with Gasteiger partial charge in [0.15, 0.2) is 8.32 Å². The molecule has 0 saturated carbocycles. The fourth-order valence-corrected chi connectivity index (χ4v) is 4.06. The molecule has 0 aromatic heterocycles. The highest BCUT2D eigenvalue weighted by molar-refractivity contribution is 6.70. The first-order valence-electron chi connectivity index (χ1n) is 9.04. The van der Waals surface area contributed by atoms with E-state index >= 15 is 0 Å². The van der Waals surface area contributed by atoms with Crippen LogP contribution in [0.4, 0.5) is 0 Å². The van der Waals surface area contributed by atoms with Crippen LogP contribution in [0.2, 0.25) is 24.7 Å². The van der Waals surface area contributed by atoms with Gasteiger partial charge in [0.05, 0.1) is 6.61 Å². The summed E-state index contributed by atoms with van der Waals surface area (Å²) in [7, 11) is -0.854. The summed E-state index contributed by atoms with van der Waals surface area (Å²) in [5, 5.41) is 0.499. The Morgan fingerprint density at radius 1 is 1.15 bits per heavy atom. The highest BCUT2D eigenvalue weighted by Crippen LogP contribution is 2.34. The molecule has 8 heteroatoms. The third kappa shape index (κ3) is 6.04. The molecule has 1 aromatic rings. The summed E-state index contributed by atoms with van der Waals surface area (Å²) in [6.45, 7) is 10.0. The van der Waals surface area contributed by atoms with Crippen LogP contribution in [0.5, 0.6) is 0 Å². The summed E-state index contributed by atoms with van der Waals surface area (Å²) < 4.78 is 16.8. The van der Waals surface area contributed by atoms with Crippen LogP contribution < -0.4 is 0 Å². The lowest BCUT2D eigenvalue weighted by atomic mass is 9.92. The van der Waals surface area contributed by atoms with Crippen LogP contribution >= 0.6 is 11.6 Å². The summed E-state index contributed by atoms with van der Waals surface area (Å²) >= 11 is 6.01. The predicted octanol–water partition coefficient (Wildman–Crippen LogP) is 3.79. The van der Waals surface area contributed by atoms with Gasteiger partial charge in [-0.05, 0) is 45.1 Å². The first-order chi connectivity index (χ1) is 12.6. The van der Waals surface area contributed by atoms with Gasteiger partial charge in [0.25, 0.3) is 11.5 Å². The molecule has 0 radical (unpaired) electrons. The Morgan fingerprint density at radius 2 is 1.74 bits per heavy atom. The third-order valence-electron chi connectivity index (χ3n) is 3.64. The van der Waals surface area contributed by atoms with E-state index in [4.69, 9.17) is 25.5 Å². The van der Waals surface area contributed by atoms with E-state index in [1.165, 1.54) is 12.0 Å². The van der Waals surface area contributed by atoms with Gasteiger partial charge in [-0.2, -0.15) is 0 Å². The Labute approximate surface area is 167 Å². The molecule has 1 aromatic carbocycles. The van der Waals surface area contributed by atoms with Crippen LogP contribution in [0.1, 0.15) is 25.8 Å². The zero-order chi connectivity index (χ0) is 20.7. The molecule has 0 saturated heterocycles. The van der Waals surface area contributed by atoms with Gasteiger partial charge in [-0.3, -0.25) is 4.79 Å². The van der Waals surface area contributed by atoms with Gasteiger partial charge in [0.2, 0.25) is 0 Å². The van der Waals surface area contributed by atoms with Crippen LogP contribution in [0.25, 0.3) is 0 Å². The SMILES string of the molecule is CCCN(COC)C(=O)C(O[Si](C)(C)C)(C(=O)OCC)c1ccc(Cl)cc1. The minimum absolute atomic E-state index is 0.0521. The molecule has 6 nitrogen and oxygen atoms in total. The molecule has 0 N–H and O–H groups in total. The Bertz CT molecular complexity index is 626. The topological polar surface area (TPSA) is 65.1 Å². The lowest BCUT2D eigenvalue weighted by Gasteiger charge is -2.39. The van der Waals surface area contributed by atoms with Gasteiger partial charge in [-0.15, -0.1) is 0 Å². The van der Waals surface area contributed by atoms with Crippen LogP contribution in [0.15, 0.2) is 24.3 Å². The van der Waals surface area contributed by atoms with Crippen LogP contribution in [0, 0.1) is 0 Å². The van der Waals surface area contributed by atoms with E-state index in [-0.39, 0.29) is 13.3 Å². The molecule has 1 unspecified atom stereocenters. The predicted molar refractivity (Wildman–Crippen MR) is 108 cm³/mol. The van der Waals surface area contributed by atoms with Crippen molar-refractivity contribution in [2.45, 2.75) is 45.5 Å². The van der Waals surface area contributed by atoms with Crippen molar-refractivity contribution in [3.63, 3.8) is 0 Å². The maximum Gasteiger partial charge on any atom is 0.352 e. The molecule has 0 aliphatic carbocycles. The fraction of sp³-hybridized carbons (Fsp3) is 0.579. The normalized spacial score (nSPS) is 13.7. The first kappa shape index (κ1) is 23.6. The average molecular weight is 416 g/mol. The highest BCUT2D eigenvalue weighted by Gasteiger charge is 2.54. The number of ether oxygens (including phenoxy) is 2. The number of halogens is 1. The van der Waals surface area contributed by atoms with Crippen molar-refractivity contribution in [3.8, 4) is 0 Å². The van der Waals surface area contributed by atoms with Crippen molar-refractivity contribution >= 4 is 31.8 Å². The molecule has 0 bridgehead atoms. The fourth-order valence-electron chi connectivity index (χ4n) is 2.72. The number of carbonyl (C=O) groups excluding carboxylic acids is 2. The maximum absolute atomic E-state index is 13.6. The standard InChI is InChI=1S/C19H30ClNO5Si/c1-7-13-21(14-24-3)17(22)19(18(23)25-8-2,26-27(4,5)6)15-9-11-16(20)12-10-15/h9-12H,7-8,13-14H2,1-6H3. The van der Waals surface area contributed by atoms with Gasteiger partial charge >= 0.3 is 5.97 Å². The number of nitrogens with zero attached hydrogens (tertiary/aromatic N) is 1. The number of amides is 1. The van der Waals surface area contributed by atoms with Crippen molar-refractivity contribution in [3.05, 3.63) is 34.9 Å². The molecule has 0 fully saturated rings. The van der Waals surface area contributed by atoms with Crippen molar-refractivity contribution in [1.82, 2.24) is 4.90 Å². The van der Waals surface area contributed by atoms with E-state index in [0.717, 1.165) is 0 Å². The van der Waals surface area contributed by atoms with Gasteiger partial charge in [0, 0.05) is 24.2 Å². The Morgan fingerprint density at radius 3 is 2.19 bits per heavy atom. The molecule has 152 valence electrons. The Hall–Kier alpha value is -1.41. The van der Waals surface area contributed by atoms with Crippen LogP contribution in [-0.2, 0) is 29.1 Å². The summed E-state index contributed by atoms with van der Waals surface area (Å²) in [4.78, 5) is 28.2.